The monoisotopic (exact) mass is 278 g/mol. The Morgan fingerprint density at radius 1 is 1.20 bits per heavy atom. The molecule has 0 heterocycles. The highest BCUT2D eigenvalue weighted by Crippen LogP contribution is 2.37. The highest BCUT2D eigenvalue weighted by molar-refractivity contribution is 5.74. The molecule has 20 heavy (non-hydrogen) atoms. The van der Waals surface area contributed by atoms with E-state index in [-0.39, 0.29) is 17.8 Å². The molecule has 0 aliphatic heterocycles. The first kappa shape index (κ1) is 16.5. The standard InChI is InChI=1S/C17H26O3/c1-5-10-14(13(6-2)17(18)20-7-3)15-11-8-9-12-16(15)19-4/h8-9,11-14H,5-7,10H2,1-4H3. The number of carbonyl (C=O) groups excluding carboxylic acids is 1. The fourth-order valence-corrected chi connectivity index (χ4v) is 2.72. The van der Waals surface area contributed by atoms with Crippen LogP contribution in [0.4, 0.5) is 0 Å². The smallest absolute Gasteiger partial charge is 0.309 e. The summed E-state index contributed by atoms with van der Waals surface area (Å²) >= 11 is 0. The molecule has 1 rings (SSSR count). The zero-order chi connectivity index (χ0) is 15.0. The van der Waals surface area contributed by atoms with Crippen molar-refractivity contribution in [3.63, 3.8) is 0 Å². The van der Waals surface area contributed by atoms with Gasteiger partial charge in [-0.3, -0.25) is 4.79 Å². The molecule has 0 saturated heterocycles. The van der Waals surface area contributed by atoms with Crippen LogP contribution in [0.2, 0.25) is 0 Å². The fraction of sp³-hybridized carbons (Fsp3) is 0.588. The molecular formula is C17H26O3. The fourth-order valence-electron chi connectivity index (χ4n) is 2.72. The topological polar surface area (TPSA) is 35.5 Å². The third-order valence-electron chi connectivity index (χ3n) is 3.65. The number of hydrogen-bond donors (Lipinski definition) is 0. The first-order valence-corrected chi connectivity index (χ1v) is 7.49. The van der Waals surface area contributed by atoms with Crippen molar-refractivity contribution in [3.8, 4) is 5.75 Å². The third kappa shape index (κ3) is 3.99. The summed E-state index contributed by atoms with van der Waals surface area (Å²) in [4.78, 5) is 12.2. The minimum absolute atomic E-state index is 0.0978. The van der Waals surface area contributed by atoms with Crippen molar-refractivity contribution < 1.29 is 14.3 Å². The predicted octanol–water partition coefficient (Wildman–Crippen LogP) is 4.17. The molecule has 1 aromatic carbocycles. The van der Waals surface area contributed by atoms with Crippen molar-refractivity contribution in [2.45, 2.75) is 46.0 Å². The van der Waals surface area contributed by atoms with Gasteiger partial charge in [-0.25, -0.2) is 0 Å². The molecule has 0 amide bonds. The van der Waals surface area contributed by atoms with Gasteiger partial charge in [0.1, 0.15) is 5.75 Å². The van der Waals surface area contributed by atoms with E-state index in [1.165, 1.54) is 0 Å². The van der Waals surface area contributed by atoms with Crippen molar-refractivity contribution in [2.75, 3.05) is 13.7 Å². The number of para-hydroxylation sites is 1. The maximum Gasteiger partial charge on any atom is 0.309 e. The van der Waals surface area contributed by atoms with Gasteiger partial charge in [-0.2, -0.15) is 0 Å². The minimum Gasteiger partial charge on any atom is -0.496 e. The Hall–Kier alpha value is -1.51. The van der Waals surface area contributed by atoms with Crippen LogP contribution >= 0.6 is 0 Å². The van der Waals surface area contributed by atoms with Gasteiger partial charge in [-0.1, -0.05) is 38.5 Å². The molecule has 1 aromatic rings. The lowest BCUT2D eigenvalue weighted by Gasteiger charge is -2.26. The maximum atomic E-state index is 12.2. The van der Waals surface area contributed by atoms with Gasteiger partial charge in [0.05, 0.1) is 19.6 Å². The second-order valence-electron chi connectivity index (χ2n) is 4.90. The molecule has 0 fully saturated rings. The van der Waals surface area contributed by atoms with Crippen LogP contribution < -0.4 is 4.74 Å². The second kappa shape index (κ2) is 8.62. The van der Waals surface area contributed by atoms with E-state index in [4.69, 9.17) is 9.47 Å². The van der Waals surface area contributed by atoms with Crippen LogP contribution in [0.15, 0.2) is 24.3 Å². The predicted molar refractivity (Wildman–Crippen MR) is 81.1 cm³/mol. The van der Waals surface area contributed by atoms with E-state index in [0.29, 0.717) is 6.61 Å². The average Bonchev–Trinajstić information content (AvgIpc) is 2.47. The van der Waals surface area contributed by atoms with Crippen molar-refractivity contribution in [1.82, 2.24) is 0 Å². The molecule has 0 aromatic heterocycles. The lowest BCUT2D eigenvalue weighted by atomic mass is 9.81. The number of benzene rings is 1. The number of rotatable bonds is 8. The van der Waals surface area contributed by atoms with Crippen molar-refractivity contribution in [1.29, 1.82) is 0 Å². The van der Waals surface area contributed by atoms with Gasteiger partial charge in [0.25, 0.3) is 0 Å². The molecule has 0 radical (unpaired) electrons. The Balaban J connectivity index is 3.10. The molecule has 0 spiro atoms. The molecule has 0 aliphatic carbocycles. The SMILES string of the molecule is CCCC(c1ccccc1OC)C(CC)C(=O)OCC. The Labute approximate surface area is 122 Å². The Kier molecular flexibility index (Phi) is 7.13. The highest BCUT2D eigenvalue weighted by atomic mass is 16.5. The average molecular weight is 278 g/mol. The zero-order valence-corrected chi connectivity index (χ0v) is 13.0. The van der Waals surface area contributed by atoms with Gasteiger partial charge in [0.2, 0.25) is 0 Å². The Morgan fingerprint density at radius 2 is 1.90 bits per heavy atom. The second-order valence-corrected chi connectivity index (χ2v) is 4.90. The molecular weight excluding hydrogens is 252 g/mol. The van der Waals surface area contributed by atoms with Crippen LogP contribution in [-0.4, -0.2) is 19.7 Å². The summed E-state index contributed by atoms with van der Waals surface area (Å²) in [5, 5.41) is 0. The van der Waals surface area contributed by atoms with E-state index in [1.807, 2.05) is 32.0 Å². The number of ether oxygens (including phenoxy) is 2. The first-order chi connectivity index (χ1) is 9.69. The highest BCUT2D eigenvalue weighted by Gasteiger charge is 2.30. The summed E-state index contributed by atoms with van der Waals surface area (Å²) in [5.74, 6) is 0.805. The van der Waals surface area contributed by atoms with E-state index in [1.54, 1.807) is 7.11 Å². The summed E-state index contributed by atoms with van der Waals surface area (Å²) < 4.78 is 10.7. The van der Waals surface area contributed by atoms with Gasteiger partial charge in [0.15, 0.2) is 0 Å². The lowest BCUT2D eigenvalue weighted by molar-refractivity contribution is -0.149. The van der Waals surface area contributed by atoms with Crippen LogP contribution in [0.25, 0.3) is 0 Å². The van der Waals surface area contributed by atoms with Crippen LogP contribution in [0.3, 0.4) is 0 Å². The quantitative estimate of drug-likeness (QED) is 0.670. The molecule has 2 unspecified atom stereocenters. The number of hydrogen-bond acceptors (Lipinski definition) is 3. The van der Waals surface area contributed by atoms with Gasteiger partial charge in [-0.15, -0.1) is 0 Å². The molecule has 2 atom stereocenters. The third-order valence-corrected chi connectivity index (χ3v) is 3.65. The van der Waals surface area contributed by atoms with Crippen LogP contribution in [0, 0.1) is 5.92 Å². The summed E-state index contributed by atoms with van der Waals surface area (Å²) in [6.07, 6.45) is 2.76. The van der Waals surface area contributed by atoms with Crippen molar-refractivity contribution in [2.24, 2.45) is 5.92 Å². The van der Waals surface area contributed by atoms with Gasteiger partial charge < -0.3 is 9.47 Å². The van der Waals surface area contributed by atoms with Crippen molar-refractivity contribution in [3.05, 3.63) is 29.8 Å². The summed E-state index contributed by atoms with van der Waals surface area (Å²) in [7, 11) is 1.67. The van der Waals surface area contributed by atoms with E-state index in [9.17, 15) is 4.79 Å². The zero-order valence-electron chi connectivity index (χ0n) is 13.0. The number of methoxy groups -OCH3 is 1. The normalized spacial score (nSPS) is 13.6. The molecule has 0 bridgehead atoms. The van der Waals surface area contributed by atoms with Gasteiger partial charge >= 0.3 is 5.97 Å². The maximum absolute atomic E-state index is 12.2. The van der Waals surface area contributed by atoms with Gasteiger partial charge in [-0.05, 0) is 31.4 Å². The van der Waals surface area contributed by atoms with E-state index >= 15 is 0 Å². The lowest BCUT2D eigenvalue weighted by Crippen LogP contribution is -2.24. The molecule has 3 heteroatoms. The first-order valence-electron chi connectivity index (χ1n) is 7.49. The molecule has 0 saturated carbocycles. The van der Waals surface area contributed by atoms with Crippen molar-refractivity contribution >= 4 is 5.97 Å². The Bertz CT molecular complexity index is 414. The molecule has 3 nitrogen and oxygen atoms in total. The van der Waals surface area contributed by atoms with E-state index in [0.717, 1.165) is 30.6 Å². The van der Waals surface area contributed by atoms with Crippen LogP contribution in [0.5, 0.6) is 5.75 Å². The van der Waals surface area contributed by atoms with E-state index < -0.39 is 0 Å². The Morgan fingerprint density at radius 3 is 2.45 bits per heavy atom. The number of carbonyl (C=O) groups is 1. The molecule has 112 valence electrons. The minimum atomic E-state index is -0.105. The summed E-state index contributed by atoms with van der Waals surface area (Å²) in [5.41, 5.74) is 1.11. The van der Waals surface area contributed by atoms with E-state index in [2.05, 4.69) is 13.0 Å². The van der Waals surface area contributed by atoms with Crippen LogP contribution in [0.1, 0.15) is 51.5 Å². The molecule has 0 N–H and O–H groups in total. The number of esters is 1. The van der Waals surface area contributed by atoms with Crippen LogP contribution in [-0.2, 0) is 9.53 Å². The summed E-state index contributed by atoms with van der Waals surface area (Å²) in [6, 6.07) is 7.96. The summed E-state index contributed by atoms with van der Waals surface area (Å²) in [6.45, 7) is 6.46. The van der Waals surface area contributed by atoms with Gasteiger partial charge in [0, 0.05) is 5.92 Å². The molecule has 0 aliphatic rings. The largest absolute Gasteiger partial charge is 0.496 e.